The van der Waals surface area contributed by atoms with Gasteiger partial charge in [-0.15, -0.1) is 0 Å². The van der Waals surface area contributed by atoms with Gasteiger partial charge in [0.2, 0.25) is 0 Å². The number of oxazole rings is 1. The van der Waals surface area contributed by atoms with Gasteiger partial charge >= 0.3 is 0 Å². The van der Waals surface area contributed by atoms with Crippen LogP contribution in [0.4, 0.5) is 11.7 Å². The third kappa shape index (κ3) is 2.05. The molecule has 0 aliphatic carbocycles. The van der Waals surface area contributed by atoms with E-state index < -0.39 is 0 Å². The Morgan fingerprint density at radius 2 is 2.16 bits per heavy atom. The average Bonchev–Trinajstić information content (AvgIpc) is 3.02. The Hall–Kier alpha value is -1.71. The number of benzene rings is 1. The highest BCUT2D eigenvalue weighted by atomic mass is 16.4. The van der Waals surface area contributed by atoms with E-state index in [0.717, 1.165) is 35.9 Å². The van der Waals surface area contributed by atoms with Gasteiger partial charge in [-0.1, -0.05) is 13.8 Å². The summed E-state index contributed by atoms with van der Waals surface area (Å²) < 4.78 is 5.85. The predicted molar refractivity (Wildman–Crippen MR) is 78.3 cm³/mol. The molecule has 1 aliphatic heterocycles. The van der Waals surface area contributed by atoms with E-state index in [4.69, 9.17) is 10.2 Å². The summed E-state index contributed by atoms with van der Waals surface area (Å²) in [6.45, 7) is 6.63. The van der Waals surface area contributed by atoms with Gasteiger partial charge in [-0.05, 0) is 42.9 Å². The molecule has 1 saturated heterocycles. The first kappa shape index (κ1) is 12.3. The summed E-state index contributed by atoms with van der Waals surface area (Å²) in [4.78, 5) is 6.84. The van der Waals surface area contributed by atoms with E-state index in [1.165, 1.54) is 19.3 Å². The molecular formula is C15H21N3O. The second-order valence-electron chi connectivity index (χ2n) is 5.60. The van der Waals surface area contributed by atoms with E-state index in [1.807, 2.05) is 18.2 Å². The Kier molecular flexibility index (Phi) is 2.88. The highest BCUT2D eigenvalue weighted by Crippen LogP contribution is 2.39. The summed E-state index contributed by atoms with van der Waals surface area (Å²) in [7, 11) is 0. The first-order valence-electron chi connectivity index (χ1n) is 7.07. The Morgan fingerprint density at radius 3 is 2.84 bits per heavy atom. The Balaban J connectivity index is 1.89. The summed E-state index contributed by atoms with van der Waals surface area (Å²) >= 11 is 0. The van der Waals surface area contributed by atoms with E-state index in [-0.39, 0.29) is 0 Å². The number of anilines is 2. The fourth-order valence-corrected chi connectivity index (χ4v) is 2.99. The van der Waals surface area contributed by atoms with Crippen molar-refractivity contribution in [2.75, 3.05) is 23.7 Å². The van der Waals surface area contributed by atoms with Gasteiger partial charge in [0.05, 0.1) is 0 Å². The van der Waals surface area contributed by atoms with Crippen LogP contribution in [0.3, 0.4) is 0 Å². The van der Waals surface area contributed by atoms with Crippen LogP contribution in [0, 0.1) is 5.41 Å². The van der Waals surface area contributed by atoms with Crippen molar-refractivity contribution in [1.29, 1.82) is 0 Å². The van der Waals surface area contributed by atoms with E-state index in [2.05, 4.69) is 23.7 Å². The van der Waals surface area contributed by atoms with Crippen molar-refractivity contribution in [3.05, 3.63) is 18.2 Å². The molecule has 0 spiro atoms. The zero-order chi connectivity index (χ0) is 13.5. The largest absolute Gasteiger partial charge is 0.423 e. The summed E-state index contributed by atoms with van der Waals surface area (Å²) in [6, 6.07) is 6.35. The number of nitrogens with two attached hydrogens (primary N) is 1. The molecular weight excluding hydrogens is 238 g/mol. The molecule has 1 fully saturated rings. The van der Waals surface area contributed by atoms with Crippen LogP contribution in [0.2, 0.25) is 0 Å². The number of rotatable bonds is 3. The maximum Gasteiger partial charge on any atom is 0.298 e. The molecule has 4 nitrogen and oxygen atoms in total. The van der Waals surface area contributed by atoms with Gasteiger partial charge in [0.1, 0.15) is 5.52 Å². The van der Waals surface area contributed by atoms with E-state index in [1.54, 1.807) is 0 Å². The van der Waals surface area contributed by atoms with E-state index in [9.17, 15) is 0 Å². The van der Waals surface area contributed by atoms with Crippen LogP contribution < -0.4 is 10.6 Å². The summed E-state index contributed by atoms with van der Waals surface area (Å²) in [5.74, 6) is 0. The first-order chi connectivity index (χ1) is 9.15. The van der Waals surface area contributed by atoms with Crippen molar-refractivity contribution in [1.82, 2.24) is 4.98 Å². The van der Waals surface area contributed by atoms with Crippen LogP contribution in [0.1, 0.15) is 33.1 Å². The van der Waals surface area contributed by atoms with Crippen LogP contribution in [0.25, 0.3) is 11.1 Å². The molecule has 0 atom stereocenters. The lowest BCUT2D eigenvalue weighted by Crippen LogP contribution is -2.26. The lowest BCUT2D eigenvalue weighted by Gasteiger charge is -2.25. The van der Waals surface area contributed by atoms with Gasteiger partial charge in [-0.3, -0.25) is 0 Å². The Morgan fingerprint density at radius 1 is 1.37 bits per heavy atom. The monoisotopic (exact) mass is 259 g/mol. The van der Waals surface area contributed by atoms with Crippen LogP contribution >= 0.6 is 0 Å². The molecule has 0 amide bonds. The minimum absolute atomic E-state index is 0.430. The van der Waals surface area contributed by atoms with Gasteiger partial charge in [0.25, 0.3) is 6.01 Å². The summed E-state index contributed by atoms with van der Waals surface area (Å²) in [6.07, 6.45) is 3.65. The van der Waals surface area contributed by atoms with Crippen LogP contribution in [0.15, 0.2) is 22.6 Å². The molecule has 0 unspecified atom stereocenters. The van der Waals surface area contributed by atoms with Crippen molar-refractivity contribution < 1.29 is 4.42 Å². The van der Waals surface area contributed by atoms with Crippen LogP contribution in [-0.4, -0.2) is 18.1 Å². The summed E-state index contributed by atoms with van der Waals surface area (Å²) in [5, 5.41) is 0. The normalized spacial score (nSPS) is 18.3. The Labute approximate surface area is 113 Å². The van der Waals surface area contributed by atoms with E-state index in [0.29, 0.717) is 5.41 Å². The predicted octanol–water partition coefficient (Wildman–Crippen LogP) is 3.43. The standard InChI is InChI=1S/C15H21N3O/c1-3-15(4-2)7-8-18(10-15)14-17-12-9-11(16)5-6-13(12)19-14/h5-6,9H,3-4,7-8,10,16H2,1-2H3. The molecule has 19 heavy (non-hydrogen) atoms. The second-order valence-corrected chi connectivity index (χ2v) is 5.60. The third-order valence-electron chi connectivity index (χ3n) is 4.61. The van der Waals surface area contributed by atoms with Gasteiger partial charge in [-0.2, -0.15) is 4.98 Å². The van der Waals surface area contributed by atoms with Gasteiger partial charge in [0, 0.05) is 18.8 Å². The number of hydrogen-bond acceptors (Lipinski definition) is 4. The second kappa shape index (κ2) is 4.44. The average molecular weight is 259 g/mol. The smallest absolute Gasteiger partial charge is 0.298 e. The molecule has 2 N–H and O–H groups in total. The van der Waals surface area contributed by atoms with Gasteiger partial charge < -0.3 is 15.1 Å². The molecule has 1 aromatic heterocycles. The van der Waals surface area contributed by atoms with Gasteiger partial charge in [0.15, 0.2) is 5.58 Å². The van der Waals surface area contributed by atoms with Crippen molar-refractivity contribution in [3.8, 4) is 0 Å². The zero-order valence-corrected chi connectivity index (χ0v) is 11.6. The lowest BCUT2D eigenvalue weighted by atomic mass is 9.82. The number of nitrogens with zero attached hydrogens (tertiary/aromatic N) is 2. The number of nitrogen functional groups attached to an aromatic ring is 1. The van der Waals surface area contributed by atoms with Crippen LogP contribution in [0.5, 0.6) is 0 Å². The number of aromatic nitrogens is 1. The topological polar surface area (TPSA) is 55.3 Å². The SMILES string of the molecule is CCC1(CC)CCN(c2nc3cc(N)ccc3o2)C1. The highest BCUT2D eigenvalue weighted by Gasteiger charge is 2.36. The molecule has 0 saturated carbocycles. The van der Waals surface area contributed by atoms with E-state index >= 15 is 0 Å². The van der Waals surface area contributed by atoms with Crippen molar-refractivity contribution in [2.45, 2.75) is 33.1 Å². The van der Waals surface area contributed by atoms with Crippen LogP contribution in [-0.2, 0) is 0 Å². The molecule has 0 radical (unpaired) electrons. The lowest BCUT2D eigenvalue weighted by molar-refractivity contribution is 0.300. The van der Waals surface area contributed by atoms with Gasteiger partial charge in [-0.25, -0.2) is 0 Å². The zero-order valence-electron chi connectivity index (χ0n) is 11.6. The fraction of sp³-hybridized carbons (Fsp3) is 0.533. The fourth-order valence-electron chi connectivity index (χ4n) is 2.99. The van der Waals surface area contributed by atoms with Crippen molar-refractivity contribution in [2.24, 2.45) is 5.41 Å². The molecule has 1 aliphatic rings. The molecule has 102 valence electrons. The minimum atomic E-state index is 0.430. The maximum absolute atomic E-state index is 5.85. The third-order valence-corrected chi connectivity index (χ3v) is 4.61. The molecule has 2 aromatic rings. The first-order valence-corrected chi connectivity index (χ1v) is 7.07. The Bertz CT molecular complexity index is 586. The molecule has 0 bridgehead atoms. The number of fused-ring (bicyclic) bond motifs is 1. The van der Waals surface area contributed by atoms with Crippen molar-refractivity contribution >= 4 is 22.8 Å². The molecule has 4 heteroatoms. The maximum atomic E-state index is 5.85. The minimum Gasteiger partial charge on any atom is -0.423 e. The molecule has 2 heterocycles. The molecule has 3 rings (SSSR count). The quantitative estimate of drug-likeness (QED) is 0.858. The highest BCUT2D eigenvalue weighted by molar-refractivity contribution is 5.78. The number of hydrogen-bond donors (Lipinski definition) is 1. The molecule has 1 aromatic carbocycles. The summed E-state index contributed by atoms with van der Waals surface area (Å²) in [5.41, 5.74) is 8.60. The van der Waals surface area contributed by atoms with Crippen molar-refractivity contribution in [3.63, 3.8) is 0 Å².